The molecule has 0 fully saturated rings. The Labute approximate surface area is 106 Å². The summed E-state index contributed by atoms with van der Waals surface area (Å²) < 4.78 is 13.7. The molecule has 0 saturated heterocycles. The van der Waals surface area contributed by atoms with E-state index in [-0.39, 0.29) is 11.2 Å². The smallest absolute Gasteiger partial charge is 0.131 e. The van der Waals surface area contributed by atoms with E-state index in [0.717, 1.165) is 23.5 Å². The number of pyridine rings is 1. The van der Waals surface area contributed by atoms with Gasteiger partial charge in [0.25, 0.3) is 0 Å². The lowest BCUT2D eigenvalue weighted by Crippen LogP contribution is -2.19. The van der Waals surface area contributed by atoms with Crippen LogP contribution >= 0.6 is 0 Å². The Kier molecular flexibility index (Phi) is 2.37. The summed E-state index contributed by atoms with van der Waals surface area (Å²) in [5.41, 5.74) is 3.53. The molecule has 3 rings (SSSR count). The van der Waals surface area contributed by atoms with Crippen LogP contribution in [0.1, 0.15) is 19.5 Å². The van der Waals surface area contributed by atoms with Crippen LogP contribution in [0.5, 0.6) is 0 Å². The molecule has 2 aromatic rings. The molecule has 1 aromatic heterocycles. The van der Waals surface area contributed by atoms with E-state index in [9.17, 15) is 4.39 Å². The van der Waals surface area contributed by atoms with Gasteiger partial charge in [0, 0.05) is 29.3 Å². The second-order valence-electron chi connectivity index (χ2n) is 5.34. The molecule has 92 valence electrons. The fourth-order valence-electron chi connectivity index (χ4n) is 2.38. The Morgan fingerprint density at radius 3 is 2.83 bits per heavy atom. The number of nitrogens with zero attached hydrogens (tertiary/aromatic N) is 1. The van der Waals surface area contributed by atoms with Crippen LogP contribution in [-0.4, -0.2) is 11.5 Å². The summed E-state index contributed by atoms with van der Waals surface area (Å²) in [6.45, 7) is 5.18. The number of aromatic nitrogens is 1. The second kappa shape index (κ2) is 3.80. The van der Waals surface area contributed by atoms with Crippen LogP contribution in [0.2, 0.25) is 0 Å². The van der Waals surface area contributed by atoms with Gasteiger partial charge in [-0.2, -0.15) is 0 Å². The van der Waals surface area contributed by atoms with E-state index in [1.165, 1.54) is 6.07 Å². The molecule has 0 atom stereocenters. The molecule has 0 bridgehead atoms. The molecule has 1 N–H and O–H groups in total. The second-order valence-corrected chi connectivity index (χ2v) is 5.34. The summed E-state index contributed by atoms with van der Waals surface area (Å²) >= 11 is 0. The third kappa shape index (κ3) is 1.67. The van der Waals surface area contributed by atoms with Crippen LogP contribution in [0, 0.1) is 5.82 Å². The van der Waals surface area contributed by atoms with Crippen LogP contribution in [0.25, 0.3) is 11.1 Å². The monoisotopic (exact) mass is 242 g/mol. The highest BCUT2D eigenvalue weighted by Crippen LogP contribution is 2.36. The van der Waals surface area contributed by atoms with Crippen molar-refractivity contribution in [2.45, 2.75) is 19.3 Å². The molecular formula is C15H15FN2. The maximum absolute atomic E-state index is 13.7. The lowest BCUT2D eigenvalue weighted by Gasteiger charge is -2.15. The van der Waals surface area contributed by atoms with Gasteiger partial charge in [-0.25, -0.2) is 4.39 Å². The van der Waals surface area contributed by atoms with Crippen LogP contribution in [0.15, 0.2) is 36.5 Å². The van der Waals surface area contributed by atoms with Gasteiger partial charge in [0.1, 0.15) is 5.82 Å². The van der Waals surface area contributed by atoms with Crippen molar-refractivity contribution in [2.75, 3.05) is 11.9 Å². The number of hydrogen-bond donors (Lipinski definition) is 1. The number of hydrogen-bond acceptors (Lipinski definition) is 2. The SMILES string of the molecule is CC1(C)CNc2cc(-c3ccccc3F)cnc21. The molecule has 2 heterocycles. The van der Waals surface area contributed by atoms with Gasteiger partial charge in [-0.15, -0.1) is 0 Å². The molecule has 3 heteroatoms. The Balaban J connectivity index is 2.10. The molecule has 0 aliphatic carbocycles. The van der Waals surface area contributed by atoms with E-state index in [4.69, 9.17) is 0 Å². The lowest BCUT2D eigenvalue weighted by atomic mass is 9.91. The first-order valence-corrected chi connectivity index (χ1v) is 6.07. The highest BCUT2D eigenvalue weighted by Gasteiger charge is 2.31. The molecule has 1 aromatic carbocycles. The summed E-state index contributed by atoms with van der Waals surface area (Å²) in [4.78, 5) is 4.50. The molecule has 0 amide bonds. The maximum atomic E-state index is 13.7. The highest BCUT2D eigenvalue weighted by atomic mass is 19.1. The van der Waals surface area contributed by atoms with Crippen LogP contribution in [0.4, 0.5) is 10.1 Å². The molecule has 0 spiro atoms. The molecule has 1 aliphatic rings. The Morgan fingerprint density at radius 1 is 1.28 bits per heavy atom. The Morgan fingerprint density at radius 2 is 2.06 bits per heavy atom. The van der Waals surface area contributed by atoms with Crippen molar-refractivity contribution in [3.05, 3.63) is 48.0 Å². The summed E-state index contributed by atoms with van der Waals surface area (Å²) in [6.07, 6.45) is 1.76. The van der Waals surface area contributed by atoms with E-state index in [2.05, 4.69) is 24.1 Å². The molecule has 0 saturated carbocycles. The van der Waals surface area contributed by atoms with Gasteiger partial charge >= 0.3 is 0 Å². The van der Waals surface area contributed by atoms with Crippen LogP contribution in [-0.2, 0) is 5.41 Å². The van der Waals surface area contributed by atoms with Gasteiger partial charge in [0.15, 0.2) is 0 Å². The average molecular weight is 242 g/mol. The number of halogens is 1. The topological polar surface area (TPSA) is 24.9 Å². The Bertz CT molecular complexity index is 605. The first-order valence-electron chi connectivity index (χ1n) is 6.07. The molecule has 0 unspecified atom stereocenters. The maximum Gasteiger partial charge on any atom is 0.131 e. The summed E-state index contributed by atoms with van der Waals surface area (Å²) in [5, 5.41) is 3.34. The number of fused-ring (bicyclic) bond motifs is 1. The predicted octanol–water partition coefficient (Wildman–Crippen LogP) is 3.59. The molecule has 0 radical (unpaired) electrons. The highest BCUT2D eigenvalue weighted by molar-refractivity contribution is 5.70. The third-order valence-electron chi connectivity index (χ3n) is 3.43. The lowest BCUT2D eigenvalue weighted by molar-refractivity contribution is 0.569. The first kappa shape index (κ1) is 11.2. The fourth-order valence-corrected chi connectivity index (χ4v) is 2.38. The minimum absolute atomic E-state index is 0.0447. The van der Waals surface area contributed by atoms with Crippen molar-refractivity contribution in [1.82, 2.24) is 4.98 Å². The summed E-state index contributed by atoms with van der Waals surface area (Å²) in [7, 11) is 0. The zero-order valence-electron chi connectivity index (χ0n) is 10.5. The zero-order valence-corrected chi connectivity index (χ0v) is 10.5. The molecular weight excluding hydrogens is 227 g/mol. The van der Waals surface area contributed by atoms with E-state index < -0.39 is 0 Å². The van der Waals surface area contributed by atoms with Crippen molar-refractivity contribution in [3.63, 3.8) is 0 Å². The van der Waals surface area contributed by atoms with Crippen LogP contribution in [0.3, 0.4) is 0 Å². The minimum Gasteiger partial charge on any atom is -0.383 e. The quantitative estimate of drug-likeness (QED) is 0.826. The number of rotatable bonds is 1. The van der Waals surface area contributed by atoms with Crippen molar-refractivity contribution in [2.24, 2.45) is 0 Å². The van der Waals surface area contributed by atoms with Gasteiger partial charge in [0.05, 0.1) is 11.4 Å². The molecule has 18 heavy (non-hydrogen) atoms. The van der Waals surface area contributed by atoms with E-state index in [0.29, 0.717) is 5.56 Å². The zero-order chi connectivity index (χ0) is 12.8. The van der Waals surface area contributed by atoms with Crippen molar-refractivity contribution in [3.8, 4) is 11.1 Å². The first-order chi connectivity index (χ1) is 8.58. The van der Waals surface area contributed by atoms with Crippen LogP contribution < -0.4 is 5.32 Å². The number of anilines is 1. The molecule has 1 aliphatic heterocycles. The third-order valence-corrected chi connectivity index (χ3v) is 3.43. The van der Waals surface area contributed by atoms with E-state index >= 15 is 0 Å². The Hall–Kier alpha value is -1.90. The number of nitrogens with one attached hydrogen (secondary N) is 1. The average Bonchev–Trinajstić information content (AvgIpc) is 2.66. The van der Waals surface area contributed by atoms with E-state index in [1.54, 1.807) is 18.3 Å². The van der Waals surface area contributed by atoms with Gasteiger partial charge in [-0.3, -0.25) is 4.98 Å². The molecule has 2 nitrogen and oxygen atoms in total. The van der Waals surface area contributed by atoms with Gasteiger partial charge in [-0.1, -0.05) is 32.0 Å². The fraction of sp³-hybridized carbons (Fsp3) is 0.267. The number of benzene rings is 1. The van der Waals surface area contributed by atoms with Gasteiger partial charge in [-0.05, 0) is 12.1 Å². The summed E-state index contributed by atoms with van der Waals surface area (Å²) in [5.74, 6) is -0.212. The minimum atomic E-state index is -0.212. The predicted molar refractivity (Wildman–Crippen MR) is 71.1 cm³/mol. The largest absolute Gasteiger partial charge is 0.383 e. The standard InChI is InChI=1S/C15H15FN2/c1-15(2)9-18-13-7-10(8-17-14(13)15)11-5-3-4-6-12(11)16/h3-8,18H,9H2,1-2H3. The normalized spacial score (nSPS) is 16.2. The van der Waals surface area contributed by atoms with Crippen molar-refractivity contribution in [1.29, 1.82) is 0 Å². The summed E-state index contributed by atoms with van der Waals surface area (Å²) in [6, 6.07) is 8.76. The van der Waals surface area contributed by atoms with Gasteiger partial charge < -0.3 is 5.32 Å². The van der Waals surface area contributed by atoms with Gasteiger partial charge in [0.2, 0.25) is 0 Å². The van der Waals surface area contributed by atoms with E-state index in [1.807, 2.05) is 12.1 Å². The van der Waals surface area contributed by atoms with Crippen molar-refractivity contribution >= 4 is 5.69 Å². The van der Waals surface area contributed by atoms with Crippen molar-refractivity contribution < 1.29 is 4.39 Å².